The summed E-state index contributed by atoms with van der Waals surface area (Å²) in [6.07, 6.45) is 2.21. The zero-order valence-corrected chi connectivity index (χ0v) is 11.5. The van der Waals surface area contributed by atoms with Gasteiger partial charge >= 0.3 is 0 Å². The van der Waals surface area contributed by atoms with Crippen molar-refractivity contribution in [3.05, 3.63) is 0 Å². The van der Waals surface area contributed by atoms with E-state index in [1.165, 1.54) is 0 Å². The molecule has 0 aliphatic carbocycles. The van der Waals surface area contributed by atoms with Crippen LogP contribution >= 0.6 is 0 Å². The molecule has 2 fully saturated rings. The summed E-state index contributed by atoms with van der Waals surface area (Å²) in [5, 5.41) is 0. The van der Waals surface area contributed by atoms with Crippen LogP contribution in [0.3, 0.4) is 0 Å². The molecular weight excluding hydrogens is 238 g/mol. The molecule has 0 aromatic rings. The predicted octanol–water partition coefficient (Wildman–Crippen LogP) is -0.863. The summed E-state index contributed by atoms with van der Waals surface area (Å²) < 4.78 is 23.2. The van der Waals surface area contributed by atoms with Gasteiger partial charge in [-0.25, -0.2) is 8.42 Å². The monoisotopic (exact) mass is 261 g/mol. The molecule has 2 rings (SSSR count). The van der Waals surface area contributed by atoms with Crippen LogP contribution in [0, 0.1) is 0 Å². The van der Waals surface area contributed by atoms with Gasteiger partial charge in [-0.15, -0.1) is 0 Å². The second-order valence-electron chi connectivity index (χ2n) is 5.51. The van der Waals surface area contributed by atoms with Gasteiger partial charge in [0.15, 0.2) is 9.84 Å². The molecule has 2 atom stereocenters. The van der Waals surface area contributed by atoms with Gasteiger partial charge in [0.1, 0.15) is 0 Å². The highest BCUT2D eigenvalue weighted by atomic mass is 32.2. The van der Waals surface area contributed by atoms with E-state index in [0.717, 1.165) is 25.9 Å². The Labute approximate surface area is 104 Å². The fraction of sp³-hybridized carbons (Fsp3) is 1.00. The molecule has 0 spiro atoms. The molecule has 17 heavy (non-hydrogen) atoms. The standard InChI is InChI=1S/C11H23N3O2S/c1-13-5-3-9(4-6-13)14(2)11-8-17(15,16)7-10(11)12/h9-11H,3-8,12H2,1-2H3. The number of rotatable bonds is 2. The van der Waals surface area contributed by atoms with E-state index in [1.807, 2.05) is 7.05 Å². The predicted molar refractivity (Wildman–Crippen MR) is 68.7 cm³/mol. The maximum Gasteiger partial charge on any atom is 0.153 e. The van der Waals surface area contributed by atoms with Crippen molar-refractivity contribution < 1.29 is 8.42 Å². The zero-order valence-electron chi connectivity index (χ0n) is 10.7. The highest BCUT2D eigenvalue weighted by Gasteiger charge is 2.39. The minimum Gasteiger partial charge on any atom is -0.325 e. The summed E-state index contributed by atoms with van der Waals surface area (Å²) in [5.74, 6) is 0.381. The summed E-state index contributed by atoms with van der Waals surface area (Å²) in [7, 11) is 1.24. The Hall–Kier alpha value is -0.170. The minimum absolute atomic E-state index is 0.00778. The van der Waals surface area contributed by atoms with E-state index >= 15 is 0 Å². The van der Waals surface area contributed by atoms with Crippen molar-refractivity contribution >= 4 is 9.84 Å². The van der Waals surface area contributed by atoms with E-state index in [1.54, 1.807) is 0 Å². The molecule has 2 heterocycles. The molecule has 100 valence electrons. The van der Waals surface area contributed by atoms with Gasteiger partial charge in [0, 0.05) is 18.1 Å². The van der Waals surface area contributed by atoms with Crippen molar-refractivity contribution in [1.82, 2.24) is 9.80 Å². The van der Waals surface area contributed by atoms with Crippen molar-refractivity contribution in [1.29, 1.82) is 0 Å². The van der Waals surface area contributed by atoms with E-state index in [0.29, 0.717) is 6.04 Å². The molecule has 2 aliphatic rings. The lowest BCUT2D eigenvalue weighted by Crippen LogP contribution is -2.52. The van der Waals surface area contributed by atoms with E-state index < -0.39 is 9.84 Å². The quantitative estimate of drug-likeness (QED) is 0.700. The molecule has 2 N–H and O–H groups in total. The Kier molecular flexibility index (Phi) is 3.77. The average molecular weight is 261 g/mol. The number of hydrogen-bond acceptors (Lipinski definition) is 5. The first kappa shape index (κ1) is 13.3. The first-order chi connectivity index (χ1) is 7.89. The van der Waals surface area contributed by atoms with Gasteiger partial charge in [0.2, 0.25) is 0 Å². The van der Waals surface area contributed by atoms with Crippen LogP contribution < -0.4 is 5.73 Å². The third kappa shape index (κ3) is 2.99. The van der Waals surface area contributed by atoms with Crippen LogP contribution in [0.4, 0.5) is 0 Å². The second-order valence-corrected chi connectivity index (χ2v) is 7.66. The van der Waals surface area contributed by atoms with Gasteiger partial charge in [0.25, 0.3) is 0 Å². The number of piperidine rings is 1. The summed E-state index contributed by atoms with van der Waals surface area (Å²) >= 11 is 0. The largest absolute Gasteiger partial charge is 0.325 e. The number of likely N-dealkylation sites (tertiary alicyclic amines) is 1. The average Bonchev–Trinajstić information content (AvgIpc) is 2.52. The summed E-state index contributed by atoms with van der Waals surface area (Å²) in [5.41, 5.74) is 5.96. The molecule has 0 amide bonds. The van der Waals surface area contributed by atoms with Crippen molar-refractivity contribution in [2.75, 3.05) is 38.7 Å². The summed E-state index contributed by atoms with van der Waals surface area (Å²) in [4.78, 5) is 4.53. The van der Waals surface area contributed by atoms with Gasteiger partial charge in [-0.3, -0.25) is 4.90 Å². The van der Waals surface area contributed by atoms with E-state index in [4.69, 9.17) is 5.73 Å². The number of sulfone groups is 1. The van der Waals surface area contributed by atoms with Crippen LogP contribution in [0.25, 0.3) is 0 Å². The molecule has 5 nitrogen and oxygen atoms in total. The molecule has 0 saturated carbocycles. The van der Waals surface area contributed by atoms with E-state index in [-0.39, 0.29) is 23.6 Å². The Morgan fingerprint density at radius 3 is 2.29 bits per heavy atom. The smallest absolute Gasteiger partial charge is 0.153 e. The molecule has 0 aromatic heterocycles. The lowest BCUT2D eigenvalue weighted by Gasteiger charge is -2.39. The van der Waals surface area contributed by atoms with Crippen molar-refractivity contribution in [2.45, 2.75) is 31.0 Å². The Bertz CT molecular complexity index is 363. The van der Waals surface area contributed by atoms with Gasteiger partial charge in [0.05, 0.1) is 11.5 Å². The number of hydrogen-bond donors (Lipinski definition) is 1. The Morgan fingerprint density at radius 2 is 1.82 bits per heavy atom. The topological polar surface area (TPSA) is 66.6 Å². The van der Waals surface area contributed by atoms with E-state index in [9.17, 15) is 8.42 Å². The molecule has 2 saturated heterocycles. The van der Waals surface area contributed by atoms with Crippen LogP contribution in [-0.2, 0) is 9.84 Å². The first-order valence-corrected chi connectivity index (χ1v) is 8.07. The van der Waals surface area contributed by atoms with Crippen LogP contribution in [0.2, 0.25) is 0 Å². The number of nitrogens with zero attached hydrogens (tertiary/aromatic N) is 2. The third-order valence-electron chi connectivity index (χ3n) is 4.15. The lowest BCUT2D eigenvalue weighted by atomic mass is 10.0. The molecule has 0 radical (unpaired) electrons. The highest BCUT2D eigenvalue weighted by Crippen LogP contribution is 2.22. The lowest BCUT2D eigenvalue weighted by molar-refractivity contribution is 0.109. The fourth-order valence-corrected chi connectivity index (χ4v) is 4.90. The summed E-state index contributed by atoms with van der Waals surface area (Å²) in [6, 6.07) is 0.272. The Morgan fingerprint density at radius 1 is 1.24 bits per heavy atom. The van der Waals surface area contributed by atoms with Gasteiger partial charge in [-0.1, -0.05) is 0 Å². The highest BCUT2D eigenvalue weighted by molar-refractivity contribution is 7.91. The van der Waals surface area contributed by atoms with Crippen LogP contribution in [-0.4, -0.2) is 75.0 Å². The van der Waals surface area contributed by atoms with Crippen LogP contribution in [0.15, 0.2) is 0 Å². The van der Waals surface area contributed by atoms with Crippen molar-refractivity contribution in [3.63, 3.8) is 0 Å². The van der Waals surface area contributed by atoms with Crippen molar-refractivity contribution in [2.24, 2.45) is 5.73 Å². The van der Waals surface area contributed by atoms with Gasteiger partial charge in [-0.2, -0.15) is 0 Å². The van der Waals surface area contributed by atoms with Crippen LogP contribution in [0.5, 0.6) is 0 Å². The minimum atomic E-state index is -2.92. The fourth-order valence-electron chi connectivity index (χ4n) is 2.95. The van der Waals surface area contributed by atoms with Crippen LogP contribution in [0.1, 0.15) is 12.8 Å². The molecular formula is C11H23N3O2S. The second kappa shape index (κ2) is 4.84. The molecule has 6 heteroatoms. The zero-order chi connectivity index (χ0) is 12.6. The molecule has 2 unspecified atom stereocenters. The SMILES string of the molecule is CN1CCC(N(C)C2CS(=O)(=O)CC2N)CC1. The number of nitrogens with two attached hydrogens (primary N) is 1. The summed E-state index contributed by atoms with van der Waals surface area (Å²) in [6.45, 7) is 2.17. The van der Waals surface area contributed by atoms with Gasteiger partial charge in [-0.05, 0) is 40.0 Å². The Balaban J connectivity index is 1.98. The third-order valence-corrected chi connectivity index (χ3v) is 5.89. The molecule has 0 aromatic carbocycles. The van der Waals surface area contributed by atoms with Gasteiger partial charge < -0.3 is 10.6 Å². The molecule has 0 bridgehead atoms. The van der Waals surface area contributed by atoms with Crippen molar-refractivity contribution in [3.8, 4) is 0 Å². The maximum absolute atomic E-state index is 11.6. The first-order valence-electron chi connectivity index (χ1n) is 6.25. The maximum atomic E-state index is 11.6. The molecule has 2 aliphatic heterocycles. The number of likely N-dealkylation sites (N-methyl/N-ethyl adjacent to an activating group) is 1. The van der Waals surface area contributed by atoms with E-state index in [2.05, 4.69) is 16.8 Å². The normalized spacial score (nSPS) is 35.5.